The van der Waals surface area contributed by atoms with E-state index >= 15 is 0 Å². The highest BCUT2D eigenvalue weighted by atomic mass is 16.5. The average Bonchev–Trinajstić information content (AvgIpc) is 3.15. The van der Waals surface area contributed by atoms with E-state index in [1.807, 2.05) is 6.07 Å². The molecule has 0 unspecified atom stereocenters. The first-order chi connectivity index (χ1) is 10.9. The predicted octanol–water partition coefficient (Wildman–Crippen LogP) is 2.75. The van der Waals surface area contributed by atoms with Crippen LogP contribution in [0.25, 0.3) is 11.5 Å². The molecule has 0 saturated carbocycles. The van der Waals surface area contributed by atoms with E-state index in [4.69, 9.17) is 15.0 Å². The highest BCUT2D eigenvalue weighted by Crippen LogP contribution is 2.40. The van der Waals surface area contributed by atoms with Gasteiger partial charge in [0.1, 0.15) is 0 Å². The van der Waals surface area contributed by atoms with Crippen molar-refractivity contribution in [1.29, 1.82) is 0 Å². The van der Waals surface area contributed by atoms with Crippen LogP contribution in [0, 0.1) is 5.41 Å². The molecule has 1 aliphatic rings. The van der Waals surface area contributed by atoms with Crippen LogP contribution >= 0.6 is 0 Å². The van der Waals surface area contributed by atoms with Gasteiger partial charge < -0.3 is 15.0 Å². The van der Waals surface area contributed by atoms with E-state index in [9.17, 15) is 4.79 Å². The summed E-state index contributed by atoms with van der Waals surface area (Å²) in [6, 6.07) is 6.88. The number of nitrogens with two attached hydrogens (primary N) is 1. The lowest BCUT2D eigenvalue weighted by Crippen LogP contribution is -2.30. The molecular formula is C17H21N3O3. The molecule has 23 heavy (non-hydrogen) atoms. The molecule has 0 aliphatic carbocycles. The van der Waals surface area contributed by atoms with Crippen LogP contribution in [0.3, 0.4) is 0 Å². The molecule has 1 aromatic carbocycles. The molecule has 3 rings (SSSR count). The molecule has 2 heterocycles. The molecule has 1 saturated heterocycles. The highest BCUT2D eigenvalue weighted by molar-refractivity contribution is 5.93. The number of nitrogens with zero attached hydrogens (tertiary/aromatic N) is 2. The Bertz CT molecular complexity index is 718. The van der Waals surface area contributed by atoms with Crippen LogP contribution in [0.1, 0.15) is 49.3 Å². The van der Waals surface area contributed by atoms with Gasteiger partial charge in [0.15, 0.2) is 5.82 Å². The molecule has 0 bridgehead atoms. The number of rotatable bonds is 3. The number of primary amides is 1. The fourth-order valence-corrected chi connectivity index (χ4v) is 3.02. The predicted molar refractivity (Wildman–Crippen MR) is 84.8 cm³/mol. The molecule has 6 heteroatoms. The van der Waals surface area contributed by atoms with Crippen LogP contribution in [-0.4, -0.2) is 28.8 Å². The van der Waals surface area contributed by atoms with Crippen molar-refractivity contribution in [3.8, 4) is 11.5 Å². The second-order valence-corrected chi connectivity index (χ2v) is 6.96. The monoisotopic (exact) mass is 315 g/mol. The molecule has 0 radical (unpaired) electrons. The average molecular weight is 315 g/mol. The van der Waals surface area contributed by atoms with Crippen LogP contribution in [0.15, 0.2) is 28.8 Å². The lowest BCUT2D eigenvalue weighted by molar-refractivity contribution is 0.0193. The molecule has 1 aromatic heterocycles. The first kappa shape index (κ1) is 15.7. The van der Waals surface area contributed by atoms with E-state index in [0.717, 1.165) is 6.42 Å². The number of hydrogen-bond acceptors (Lipinski definition) is 5. The zero-order valence-corrected chi connectivity index (χ0v) is 13.6. The van der Waals surface area contributed by atoms with E-state index in [1.54, 1.807) is 18.2 Å². The Labute approximate surface area is 135 Å². The van der Waals surface area contributed by atoms with Gasteiger partial charge in [0.25, 0.3) is 5.89 Å². The number of hydrogen-bond donors (Lipinski definition) is 1. The van der Waals surface area contributed by atoms with Gasteiger partial charge in [-0.15, -0.1) is 0 Å². The van der Waals surface area contributed by atoms with Crippen molar-refractivity contribution in [2.75, 3.05) is 6.61 Å². The van der Waals surface area contributed by atoms with Crippen molar-refractivity contribution in [1.82, 2.24) is 10.1 Å². The fourth-order valence-electron chi connectivity index (χ4n) is 3.02. The van der Waals surface area contributed by atoms with Gasteiger partial charge in [0.2, 0.25) is 5.91 Å². The third-order valence-electron chi connectivity index (χ3n) is 4.11. The maximum atomic E-state index is 11.3. The number of carbonyl (C=O) groups is 1. The Hall–Kier alpha value is -2.21. The van der Waals surface area contributed by atoms with Crippen molar-refractivity contribution < 1.29 is 14.1 Å². The van der Waals surface area contributed by atoms with Gasteiger partial charge in [-0.05, 0) is 30.0 Å². The highest BCUT2D eigenvalue weighted by Gasteiger charge is 2.40. The Balaban J connectivity index is 1.89. The molecule has 1 fully saturated rings. The Morgan fingerprint density at radius 1 is 1.35 bits per heavy atom. The van der Waals surface area contributed by atoms with E-state index in [1.165, 1.54) is 0 Å². The second-order valence-electron chi connectivity index (χ2n) is 6.96. The van der Waals surface area contributed by atoms with Crippen molar-refractivity contribution in [2.24, 2.45) is 11.1 Å². The van der Waals surface area contributed by atoms with Gasteiger partial charge in [0, 0.05) is 17.7 Å². The summed E-state index contributed by atoms with van der Waals surface area (Å²) in [6.45, 7) is 7.14. The minimum Gasteiger partial charge on any atom is -0.377 e. The summed E-state index contributed by atoms with van der Waals surface area (Å²) in [6.07, 6.45) is 0.937. The normalized spacial score (nSPS) is 21.5. The number of benzene rings is 1. The molecule has 1 amide bonds. The van der Waals surface area contributed by atoms with E-state index in [2.05, 4.69) is 30.9 Å². The molecular weight excluding hydrogens is 294 g/mol. The topological polar surface area (TPSA) is 91.2 Å². The lowest BCUT2D eigenvalue weighted by atomic mass is 9.81. The smallest absolute Gasteiger partial charge is 0.257 e. The first-order valence-corrected chi connectivity index (χ1v) is 7.71. The summed E-state index contributed by atoms with van der Waals surface area (Å²) in [7, 11) is 0. The maximum absolute atomic E-state index is 11.3. The summed E-state index contributed by atoms with van der Waals surface area (Å²) in [5.74, 6) is 0.681. The van der Waals surface area contributed by atoms with Gasteiger partial charge in [0.05, 0.1) is 12.0 Å². The second kappa shape index (κ2) is 5.77. The largest absolute Gasteiger partial charge is 0.377 e. The Morgan fingerprint density at radius 3 is 2.83 bits per heavy atom. The first-order valence-electron chi connectivity index (χ1n) is 7.71. The standard InChI is InChI=1S/C17H21N3O3/c1-17(2,3)13-12(7-8-22-13)15-19-16(23-20-15)11-6-4-5-10(9-11)14(18)21/h4-6,9,12-13H,7-8H2,1-3H3,(H2,18,21)/t12-,13-/m0/s1. The van der Waals surface area contributed by atoms with Crippen LogP contribution in [0.2, 0.25) is 0 Å². The molecule has 6 nitrogen and oxygen atoms in total. The molecule has 122 valence electrons. The van der Waals surface area contributed by atoms with Crippen LogP contribution in [0.4, 0.5) is 0 Å². The third-order valence-corrected chi connectivity index (χ3v) is 4.11. The zero-order valence-electron chi connectivity index (χ0n) is 13.6. The minimum atomic E-state index is -0.483. The number of ether oxygens (including phenoxy) is 1. The molecule has 2 atom stereocenters. The van der Waals surface area contributed by atoms with E-state index < -0.39 is 5.91 Å². The Kier molecular flexibility index (Phi) is 3.93. The van der Waals surface area contributed by atoms with Crippen molar-refractivity contribution in [3.63, 3.8) is 0 Å². The lowest BCUT2D eigenvalue weighted by Gasteiger charge is -2.29. The summed E-state index contributed by atoms with van der Waals surface area (Å²) in [5, 5.41) is 4.13. The molecule has 2 aromatic rings. The third kappa shape index (κ3) is 3.12. The molecule has 0 spiro atoms. The van der Waals surface area contributed by atoms with E-state index in [0.29, 0.717) is 29.4 Å². The summed E-state index contributed by atoms with van der Waals surface area (Å²) >= 11 is 0. The van der Waals surface area contributed by atoms with Gasteiger partial charge in [-0.2, -0.15) is 4.98 Å². The van der Waals surface area contributed by atoms with Gasteiger partial charge in [-0.3, -0.25) is 4.79 Å². The molecule has 2 N–H and O–H groups in total. The molecule has 1 aliphatic heterocycles. The number of aromatic nitrogens is 2. The summed E-state index contributed by atoms with van der Waals surface area (Å²) in [4.78, 5) is 15.8. The number of carbonyl (C=O) groups excluding carboxylic acids is 1. The Morgan fingerprint density at radius 2 is 2.13 bits per heavy atom. The summed E-state index contributed by atoms with van der Waals surface area (Å²) < 4.78 is 11.3. The van der Waals surface area contributed by atoms with Crippen molar-refractivity contribution >= 4 is 5.91 Å². The fraction of sp³-hybridized carbons (Fsp3) is 0.471. The van der Waals surface area contributed by atoms with Gasteiger partial charge >= 0.3 is 0 Å². The zero-order chi connectivity index (χ0) is 16.6. The number of amides is 1. The van der Waals surface area contributed by atoms with Gasteiger partial charge in [-0.1, -0.05) is 32.0 Å². The van der Waals surface area contributed by atoms with Crippen LogP contribution in [0.5, 0.6) is 0 Å². The summed E-state index contributed by atoms with van der Waals surface area (Å²) in [5.41, 5.74) is 6.42. The SMILES string of the molecule is CC(C)(C)[C@H]1OCC[C@@H]1c1noc(-c2cccc(C(N)=O)c2)n1. The van der Waals surface area contributed by atoms with E-state index in [-0.39, 0.29) is 17.4 Å². The van der Waals surface area contributed by atoms with Crippen LogP contribution < -0.4 is 5.73 Å². The van der Waals surface area contributed by atoms with Gasteiger partial charge in [-0.25, -0.2) is 0 Å². The van der Waals surface area contributed by atoms with Crippen molar-refractivity contribution in [2.45, 2.75) is 39.2 Å². The quantitative estimate of drug-likeness (QED) is 0.940. The van der Waals surface area contributed by atoms with Crippen LogP contribution in [-0.2, 0) is 4.74 Å². The maximum Gasteiger partial charge on any atom is 0.257 e. The van der Waals surface area contributed by atoms with Crippen molar-refractivity contribution in [3.05, 3.63) is 35.7 Å². The minimum absolute atomic E-state index is 0.00778.